The zero-order chi connectivity index (χ0) is 9.05. The topological polar surface area (TPSA) is 26.3 Å². The lowest BCUT2D eigenvalue weighted by molar-refractivity contribution is -0.167. The molecule has 0 N–H and O–H groups in total. The van der Waals surface area contributed by atoms with Crippen LogP contribution in [0.15, 0.2) is 12.2 Å². The fourth-order valence-corrected chi connectivity index (χ4v) is 3.44. The molecule has 2 bridgehead atoms. The molecule has 3 rings (SSSR count). The highest BCUT2D eigenvalue weighted by atomic mass is 16.5. The number of rotatable bonds is 0. The highest BCUT2D eigenvalue weighted by Crippen LogP contribution is 2.59. The van der Waals surface area contributed by atoms with Gasteiger partial charge in [-0.2, -0.15) is 0 Å². The van der Waals surface area contributed by atoms with Crippen LogP contribution in [0.3, 0.4) is 0 Å². The van der Waals surface area contributed by atoms with Crippen molar-refractivity contribution in [2.24, 2.45) is 23.2 Å². The van der Waals surface area contributed by atoms with E-state index in [1.807, 2.05) is 0 Å². The lowest BCUT2D eigenvalue weighted by Gasteiger charge is -2.40. The van der Waals surface area contributed by atoms with Gasteiger partial charge in [0.15, 0.2) is 0 Å². The standard InChI is InChI=1S/C11H14O2/c1-11-8-3-2-7(6-8)9(11)4-5-13-10(11)12/h2-3,7-9H,4-6H2,1H3/t7-,8+,9-,11+/m0/s1. The molecule has 1 saturated carbocycles. The molecule has 1 saturated heterocycles. The van der Waals surface area contributed by atoms with Crippen molar-refractivity contribution in [2.45, 2.75) is 19.8 Å². The summed E-state index contributed by atoms with van der Waals surface area (Å²) in [4.78, 5) is 11.7. The summed E-state index contributed by atoms with van der Waals surface area (Å²) in [5, 5.41) is 0. The van der Waals surface area contributed by atoms with Crippen LogP contribution in [-0.4, -0.2) is 12.6 Å². The van der Waals surface area contributed by atoms with Gasteiger partial charge in [0.25, 0.3) is 0 Å². The fraction of sp³-hybridized carbons (Fsp3) is 0.727. The van der Waals surface area contributed by atoms with Gasteiger partial charge in [0.2, 0.25) is 0 Å². The molecule has 13 heavy (non-hydrogen) atoms. The number of carbonyl (C=O) groups excluding carboxylic acids is 1. The average Bonchev–Trinajstić information content (AvgIpc) is 2.66. The molecule has 3 aliphatic rings. The Balaban J connectivity index is 2.07. The Morgan fingerprint density at radius 3 is 3.15 bits per heavy atom. The van der Waals surface area contributed by atoms with Crippen LogP contribution in [0.5, 0.6) is 0 Å². The highest BCUT2D eigenvalue weighted by Gasteiger charge is 2.59. The summed E-state index contributed by atoms with van der Waals surface area (Å²) in [6, 6.07) is 0. The maximum atomic E-state index is 11.7. The first-order valence-electron chi connectivity index (χ1n) is 5.08. The van der Waals surface area contributed by atoms with Gasteiger partial charge in [-0.3, -0.25) is 4.79 Å². The van der Waals surface area contributed by atoms with E-state index in [4.69, 9.17) is 4.74 Å². The summed E-state index contributed by atoms with van der Waals surface area (Å²) < 4.78 is 5.17. The van der Waals surface area contributed by atoms with Crippen LogP contribution in [-0.2, 0) is 9.53 Å². The van der Waals surface area contributed by atoms with Crippen molar-refractivity contribution >= 4 is 5.97 Å². The number of fused-ring (bicyclic) bond motifs is 5. The molecule has 1 heterocycles. The van der Waals surface area contributed by atoms with E-state index in [9.17, 15) is 4.79 Å². The van der Waals surface area contributed by atoms with Crippen molar-refractivity contribution in [2.75, 3.05) is 6.61 Å². The Kier molecular flexibility index (Phi) is 1.27. The Bertz CT molecular complexity index is 294. The summed E-state index contributed by atoms with van der Waals surface area (Å²) in [5.41, 5.74) is -0.183. The van der Waals surface area contributed by atoms with Gasteiger partial charge in [0, 0.05) is 0 Å². The normalized spacial score (nSPS) is 52.1. The van der Waals surface area contributed by atoms with Gasteiger partial charge in [-0.1, -0.05) is 12.2 Å². The molecule has 0 unspecified atom stereocenters. The third kappa shape index (κ3) is 0.725. The van der Waals surface area contributed by atoms with Gasteiger partial charge in [0.05, 0.1) is 12.0 Å². The SMILES string of the molecule is C[C@]12C(=O)OCC[C@H]1[C@H]1C=C[C@@H]2C1. The second-order valence-corrected chi connectivity index (χ2v) is 4.70. The van der Waals surface area contributed by atoms with Gasteiger partial charge < -0.3 is 4.74 Å². The third-order valence-corrected chi connectivity index (χ3v) is 4.28. The van der Waals surface area contributed by atoms with Gasteiger partial charge in [-0.05, 0) is 37.5 Å². The van der Waals surface area contributed by atoms with Crippen LogP contribution in [0, 0.1) is 23.2 Å². The molecule has 70 valence electrons. The van der Waals surface area contributed by atoms with Crippen LogP contribution >= 0.6 is 0 Å². The second kappa shape index (κ2) is 2.17. The van der Waals surface area contributed by atoms with Crippen molar-refractivity contribution in [3.8, 4) is 0 Å². The Labute approximate surface area is 78.0 Å². The van der Waals surface area contributed by atoms with Crippen molar-refractivity contribution in [3.63, 3.8) is 0 Å². The molecule has 2 nitrogen and oxygen atoms in total. The van der Waals surface area contributed by atoms with Crippen LogP contribution in [0.25, 0.3) is 0 Å². The molecular weight excluding hydrogens is 164 g/mol. The average molecular weight is 178 g/mol. The minimum atomic E-state index is -0.183. The van der Waals surface area contributed by atoms with E-state index in [-0.39, 0.29) is 11.4 Å². The van der Waals surface area contributed by atoms with Gasteiger partial charge in [-0.25, -0.2) is 0 Å². The Hall–Kier alpha value is -0.790. The number of ether oxygens (including phenoxy) is 1. The summed E-state index contributed by atoms with van der Waals surface area (Å²) in [6.45, 7) is 2.73. The van der Waals surface area contributed by atoms with Gasteiger partial charge in [-0.15, -0.1) is 0 Å². The lowest BCUT2D eigenvalue weighted by Crippen LogP contribution is -2.44. The highest BCUT2D eigenvalue weighted by molar-refractivity contribution is 5.79. The summed E-state index contributed by atoms with van der Waals surface area (Å²) in [6.07, 6.45) is 6.76. The monoisotopic (exact) mass is 178 g/mol. The zero-order valence-electron chi connectivity index (χ0n) is 7.82. The van der Waals surface area contributed by atoms with E-state index in [0.717, 1.165) is 6.42 Å². The lowest BCUT2D eigenvalue weighted by atomic mass is 9.67. The first-order valence-corrected chi connectivity index (χ1v) is 5.08. The van der Waals surface area contributed by atoms with Crippen LogP contribution in [0.1, 0.15) is 19.8 Å². The smallest absolute Gasteiger partial charge is 0.312 e. The summed E-state index contributed by atoms with van der Waals surface area (Å²) in [5.74, 6) is 1.71. The van der Waals surface area contributed by atoms with Crippen molar-refractivity contribution in [1.29, 1.82) is 0 Å². The maximum Gasteiger partial charge on any atom is 0.312 e. The van der Waals surface area contributed by atoms with E-state index in [0.29, 0.717) is 24.4 Å². The minimum Gasteiger partial charge on any atom is -0.465 e. The van der Waals surface area contributed by atoms with Crippen LogP contribution < -0.4 is 0 Å². The Morgan fingerprint density at radius 2 is 2.38 bits per heavy atom. The van der Waals surface area contributed by atoms with E-state index < -0.39 is 0 Å². The van der Waals surface area contributed by atoms with Crippen molar-refractivity contribution in [1.82, 2.24) is 0 Å². The van der Waals surface area contributed by atoms with Gasteiger partial charge >= 0.3 is 5.97 Å². The van der Waals surface area contributed by atoms with Crippen molar-refractivity contribution < 1.29 is 9.53 Å². The van der Waals surface area contributed by atoms with E-state index in [1.165, 1.54) is 6.42 Å². The summed E-state index contributed by atoms with van der Waals surface area (Å²) >= 11 is 0. The maximum absolute atomic E-state index is 11.7. The molecular formula is C11H14O2. The molecule has 0 aromatic heterocycles. The molecule has 0 amide bonds. The van der Waals surface area contributed by atoms with Crippen LogP contribution in [0.2, 0.25) is 0 Å². The molecule has 4 atom stereocenters. The number of carbonyl (C=O) groups is 1. The molecule has 1 aliphatic heterocycles. The molecule has 2 heteroatoms. The summed E-state index contributed by atoms with van der Waals surface area (Å²) in [7, 11) is 0. The Morgan fingerprint density at radius 1 is 1.54 bits per heavy atom. The largest absolute Gasteiger partial charge is 0.465 e. The predicted molar refractivity (Wildman–Crippen MR) is 47.9 cm³/mol. The number of allylic oxidation sites excluding steroid dienone is 2. The number of hydrogen-bond acceptors (Lipinski definition) is 2. The van der Waals surface area contributed by atoms with E-state index in [2.05, 4.69) is 19.1 Å². The molecule has 2 aliphatic carbocycles. The number of cyclic esters (lactones) is 1. The predicted octanol–water partition coefficient (Wildman–Crippen LogP) is 1.76. The number of esters is 1. The zero-order valence-corrected chi connectivity index (χ0v) is 7.82. The second-order valence-electron chi connectivity index (χ2n) is 4.70. The van der Waals surface area contributed by atoms with E-state index in [1.54, 1.807) is 0 Å². The molecule has 0 aromatic carbocycles. The van der Waals surface area contributed by atoms with Gasteiger partial charge in [0.1, 0.15) is 0 Å². The molecule has 0 radical (unpaired) electrons. The van der Waals surface area contributed by atoms with Crippen LogP contribution in [0.4, 0.5) is 0 Å². The van der Waals surface area contributed by atoms with E-state index >= 15 is 0 Å². The quantitative estimate of drug-likeness (QED) is 0.417. The first-order chi connectivity index (χ1) is 6.23. The fourth-order valence-electron chi connectivity index (χ4n) is 3.44. The first kappa shape index (κ1) is 7.60. The minimum absolute atomic E-state index is 0.0422. The molecule has 2 fully saturated rings. The molecule has 0 aromatic rings. The van der Waals surface area contributed by atoms with Crippen molar-refractivity contribution in [3.05, 3.63) is 12.2 Å². The third-order valence-electron chi connectivity index (χ3n) is 4.28. The number of hydrogen-bond donors (Lipinski definition) is 0. The molecule has 0 spiro atoms.